The van der Waals surface area contributed by atoms with Crippen LogP contribution < -0.4 is 5.32 Å². The average molecular weight is 226 g/mol. The van der Waals surface area contributed by atoms with Gasteiger partial charge in [0.1, 0.15) is 0 Å². The van der Waals surface area contributed by atoms with Gasteiger partial charge >= 0.3 is 0 Å². The summed E-state index contributed by atoms with van der Waals surface area (Å²) in [4.78, 5) is 0. The Morgan fingerprint density at radius 1 is 1.13 bits per heavy atom. The van der Waals surface area contributed by atoms with E-state index >= 15 is 0 Å². The van der Waals surface area contributed by atoms with Gasteiger partial charge in [0.2, 0.25) is 0 Å². The molecule has 1 N–H and O–H groups in total. The summed E-state index contributed by atoms with van der Waals surface area (Å²) in [6.45, 7) is 7.65. The monoisotopic (exact) mass is 225 g/mol. The third kappa shape index (κ3) is 5.19. The number of nitrogens with one attached hydrogen (secondary N) is 1. The molecule has 0 bridgehead atoms. The maximum Gasteiger partial charge on any atom is 0.0406 e. The van der Waals surface area contributed by atoms with Crippen LogP contribution in [0.5, 0.6) is 0 Å². The lowest BCUT2D eigenvalue weighted by Crippen LogP contribution is -2.26. The second-order valence-electron chi connectivity index (χ2n) is 4.54. The summed E-state index contributed by atoms with van der Waals surface area (Å²) in [5, 5.41) is 4.31. The summed E-state index contributed by atoms with van der Waals surface area (Å²) in [6, 6.07) is 8.58. The molecule has 2 heteroatoms. The van der Waals surface area contributed by atoms with Gasteiger partial charge in [-0.3, -0.25) is 0 Å². The standard InChI is InChI=1S/C13H20ClN/c1-10(2)8-11(3)15-9-12-4-6-13(14)7-5-12/h4-7,10-11,15H,8-9H2,1-3H3/t11-/m1/s1. The fourth-order valence-electron chi connectivity index (χ4n) is 1.68. The van der Waals surface area contributed by atoms with Crippen molar-refractivity contribution in [2.75, 3.05) is 0 Å². The smallest absolute Gasteiger partial charge is 0.0406 e. The van der Waals surface area contributed by atoms with Crippen molar-refractivity contribution in [1.82, 2.24) is 5.32 Å². The predicted molar refractivity (Wildman–Crippen MR) is 67.2 cm³/mol. The van der Waals surface area contributed by atoms with E-state index in [9.17, 15) is 0 Å². The van der Waals surface area contributed by atoms with Crippen molar-refractivity contribution in [3.05, 3.63) is 34.9 Å². The van der Waals surface area contributed by atoms with Crippen LogP contribution in [0.2, 0.25) is 5.02 Å². The second kappa shape index (κ2) is 6.14. The molecule has 0 aliphatic carbocycles. The summed E-state index contributed by atoms with van der Waals surface area (Å²) in [6.07, 6.45) is 1.22. The first-order valence-electron chi connectivity index (χ1n) is 5.55. The molecule has 1 aromatic carbocycles. The molecule has 0 saturated carbocycles. The van der Waals surface area contributed by atoms with E-state index in [0.29, 0.717) is 6.04 Å². The molecule has 0 radical (unpaired) electrons. The van der Waals surface area contributed by atoms with E-state index in [1.54, 1.807) is 0 Å². The van der Waals surface area contributed by atoms with Crippen LogP contribution >= 0.6 is 11.6 Å². The van der Waals surface area contributed by atoms with Gasteiger partial charge in [-0.25, -0.2) is 0 Å². The topological polar surface area (TPSA) is 12.0 Å². The lowest BCUT2D eigenvalue weighted by molar-refractivity contribution is 0.441. The molecule has 1 rings (SSSR count). The molecular weight excluding hydrogens is 206 g/mol. The number of rotatable bonds is 5. The molecule has 15 heavy (non-hydrogen) atoms. The zero-order chi connectivity index (χ0) is 11.3. The molecule has 0 fully saturated rings. The fourth-order valence-corrected chi connectivity index (χ4v) is 1.81. The van der Waals surface area contributed by atoms with E-state index in [2.05, 4.69) is 38.2 Å². The third-order valence-corrected chi connectivity index (χ3v) is 2.64. The van der Waals surface area contributed by atoms with Gasteiger partial charge in [0.15, 0.2) is 0 Å². The van der Waals surface area contributed by atoms with E-state index in [0.717, 1.165) is 17.5 Å². The molecule has 0 aliphatic rings. The Morgan fingerprint density at radius 3 is 2.27 bits per heavy atom. The van der Waals surface area contributed by atoms with E-state index in [1.807, 2.05) is 12.1 Å². The minimum Gasteiger partial charge on any atom is -0.310 e. The largest absolute Gasteiger partial charge is 0.310 e. The molecule has 0 heterocycles. The maximum atomic E-state index is 5.82. The molecule has 84 valence electrons. The summed E-state index contributed by atoms with van der Waals surface area (Å²) < 4.78 is 0. The maximum absolute atomic E-state index is 5.82. The Kier molecular flexibility index (Phi) is 5.13. The van der Waals surface area contributed by atoms with E-state index < -0.39 is 0 Å². The second-order valence-corrected chi connectivity index (χ2v) is 4.97. The number of halogens is 1. The Labute approximate surface area is 97.8 Å². The lowest BCUT2D eigenvalue weighted by Gasteiger charge is -2.15. The number of hydrogen-bond donors (Lipinski definition) is 1. The van der Waals surface area contributed by atoms with Crippen molar-refractivity contribution in [1.29, 1.82) is 0 Å². The van der Waals surface area contributed by atoms with Crippen LogP contribution in [0.4, 0.5) is 0 Å². The van der Waals surface area contributed by atoms with Crippen molar-refractivity contribution in [2.24, 2.45) is 5.92 Å². The normalized spacial score (nSPS) is 13.1. The van der Waals surface area contributed by atoms with Gasteiger partial charge in [0.25, 0.3) is 0 Å². The molecule has 1 nitrogen and oxygen atoms in total. The molecule has 0 unspecified atom stereocenters. The highest BCUT2D eigenvalue weighted by atomic mass is 35.5. The van der Waals surface area contributed by atoms with Crippen molar-refractivity contribution in [3.8, 4) is 0 Å². The third-order valence-electron chi connectivity index (χ3n) is 2.39. The van der Waals surface area contributed by atoms with Crippen molar-refractivity contribution < 1.29 is 0 Å². The highest BCUT2D eigenvalue weighted by Crippen LogP contribution is 2.10. The van der Waals surface area contributed by atoms with Crippen LogP contribution in [-0.2, 0) is 6.54 Å². The zero-order valence-electron chi connectivity index (χ0n) is 9.76. The summed E-state index contributed by atoms with van der Waals surface area (Å²) in [5.74, 6) is 0.748. The molecule has 0 amide bonds. The number of benzene rings is 1. The molecular formula is C13H20ClN. The quantitative estimate of drug-likeness (QED) is 0.803. The van der Waals surface area contributed by atoms with Gasteiger partial charge < -0.3 is 5.32 Å². The zero-order valence-corrected chi connectivity index (χ0v) is 10.5. The summed E-state index contributed by atoms with van der Waals surface area (Å²) in [7, 11) is 0. The highest BCUT2D eigenvalue weighted by molar-refractivity contribution is 6.30. The van der Waals surface area contributed by atoms with Crippen molar-refractivity contribution in [2.45, 2.75) is 39.8 Å². The predicted octanol–water partition coefficient (Wildman–Crippen LogP) is 3.86. The van der Waals surface area contributed by atoms with Gasteiger partial charge in [0, 0.05) is 17.6 Å². The Morgan fingerprint density at radius 2 is 1.73 bits per heavy atom. The van der Waals surface area contributed by atoms with Gasteiger partial charge in [-0.1, -0.05) is 37.6 Å². The van der Waals surface area contributed by atoms with Crippen LogP contribution in [0.1, 0.15) is 32.8 Å². The van der Waals surface area contributed by atoms with Crippen LogP contribution in [0.3, 0.4) is 0 Å². The van der Waals surface area contributed by atoms with E-state index in [4.69, 9.17) is 11.6 Å². The molecule has 1 atom stereocenters. The average Bonchev–Trinajstić information content (AvgIpc) is 2.16. The molecule has 0 saturated heterocycles. The van der Waals surface area contributed by atoms with Crippen LogP contribution in [0.25, 0.3) is 0 Å². The minimum atomic E-state index is 0.570. The van der Waals surface area contributed by atoms with Crippen LogP contribution in [0.15, 0.2) is 24.3 Å². The highest BCUT2D eigenvalue weighted by Gasteiger charge is 2.03. The first-order chi connectivity index (χ1) is 7.08. The van der Waals surface area contributed by atoms with E-state index in [-0.39, 0.29) is 0 Å². The Hall–Kier alpha value is -0.530. The van der Waals surface area contributed by atoms with Gasteiger partial charge in [-0.05, 0) is 37.0 Å². The lowest BCUT2D eigenvalue weighted by atomic mass is 10.1. The SMILES string of the molecule is CC(C)C[C@@H](C)NCc1ccc(Cl)cc1. The Balaban J connectivity index is 2.33. The van der Waals surface area contributed by atoms with Crippen molar-refractivity contribution in [3.63, 3.8) is 0 Å². The first-order valence-corrected chi connectivity index (χ1v) is 5.93. The minimum absolute atomic E-state index is 0.570. The van der Waals surface area contributed by atoms with Gasteiger partial charge in [-0.2, -0.15) is 0 Å². The molecule has 1 aromatic rings. The van der Waals surface area contributed by atoms with Crippen LogP contribution in [-0.4, -0.2) is 6.04 Å². The molecule has 0 aromatic heterocycles. The number of hydrogen-bond acceptors (Lipinski definition) is 1. The van der Waals surface area contributed by atoms with Gasteiger partial charge in [-0.15, -0.1) is 0 Å². The summed E-state index contributed by atoms with van der Waals surface area (Å²) >= 11 is 5.82. The van der Waals surface area contributed by atoms with E-state index in [1.165, 1.54) is 12.0 Å². The first kappa shape index (κ1) is 12.5. The summed E-state index contributed by atoms with van der Waals surface area (Å²) in [5.41, 5.74) is 1.29. The van der Waals surface area contributed by atoms with Crippen LogP contribution in [0, 0.1) is 5.92 Å². The Bertz CT molecular complexity index is 279. The molecule has 0 spiro atoms. The van der Waals surface area contributed by atoms with Crippen molar-refractivity contribution >= 4 is 11.6 Å². The molecule has 0 aliphatic heterocycles. The van der Waals surface area contributed by atoms with Gasteiger partial charge in [0.05, 0.1) is 0 Å². The fraction of sp³-hybridized carbons (Fsp3) is 0.538.